The van der Waals surface area contributed by atoms with Crippen LogP contribution in [0.25, 0.3) is 11.0 Å². The van der Waals surface area contributed by atoms with E-state index in [1.54, 1.807) is 16.7 Å². The molecule has 0 atom stereocenters. The number of benzene rings is 4. The number of nitrogens with zero attached hydrogens (tertiary/aromatic N) is 2. The smallest absolute Gasteiger partial charge is 0.409 e. The van der Waals surface area contributed by atoms with E-state index in [9.17, 15) is 9.59 Å². The Morgan fingerprint density at radius 1 is 0.733 bits per heavy atom. The molecule has 0 saturated heterocycles. The number of carbonyl (C=O) groups is 2. The number of ether oxygens (including phenoxy) is 1. The minimum Gasteiger partial charge on any atom is -0.409 e. The van der Waals surface area contributed by atoms with Gasteiger partial charge in [0.25, 0.3) is 0 Å². The van der Waals surface area contributed by atoms with Crippen molar-refractivity contribution >= 4 is 45.6 Å². The molecule has 45 heavy (non-hydrogen) atoms. The topological polar surface area (TPSA) is 89.1 Å². The average molecular weight is 670 g/mol. The van der Waals surface area contributed by atoms with Gasteiger partial charge in [0.05, 0.1) is 24.1 Å². The number of Topliss-reactive ketones (excluding diaryl/α,β-unsaturated/α-hetero) is 1. The lowest BCUT2D eigenvalue weighted by Crippen LogP contribution is -2.28. The molecule has 4 aromatic carbocycles. The summed E-state index contributed by atoms with van der Waals surface area (Å²) >= 11 is 0. The monoisotopic (exact) mass is 668 g/mol. The molecule has 5 aromatic rings. The first kappa shape index (κ1) is 33.5. The summed E-state index contributed by atoms with van der Waals surface area (Å²) < 4.78 is 9.73. The van der Waals surface area contributed by atoms with Gasteiger partial charge in [0.15, 0.2) is 5.78 Å². The van der Waals surface area contributed by atoms with Gasteiger partial charge in [-0.05, 0) is 52.8 Å². The number of nitrogens with one attached hydrogen (secondary N) is 2. The molecule has 0 spiro atoms. The number of para-hydroxylation sites is 3. The van der Waals surface area contributed by atoms with Gasteiger partial charge in [-0.3, -0.25) is 15.5 Å². The summed E-state index contributed by atoms with van der Waals surface area (Å²) in [5.41, 5.74) is 4.87. The largest absolute Gasteiger partial charge is 0.417 e. The number of rotatable bonds is 7. The van der Waals surface area contributed by atoms with Crippen LogP contribution in [0.4, 0.5) is 10.5 Å². The van der Waals surface area contributed by atoms with Crippen LogP contribution in [0.2, 0.25) is 0 Å². The minimum absolute atomic E-state index is 0. The van der Waals surface area contributed by atoms with Gasteiger partial charge in [-0.2, -0.15) is 0 Å². The van der Waals surface area contributed by atoms with E-state index < -0.39 is 16.9 Å². The molecule has 0 aliphatic rings. The van der Waals surface area contributed by atoms with Crippen molar-refractivity contribution in [2.75, 3.05) is 5.32 Å². The Morgan fingerprint density at radius 2 is 1.22 bits per heavy atom. The first-order valence-corrected chi connectivity index (χ1v) is 14.9. The normalized spacial score (nSPS) is 11.6. The van der Waals surface area contributed by atoms with Crippen LogP contribution in [0, 0.1) is 5.41 Å². The molecular formula is C37H41BrN4O3. The van der Waals surface area contributed by atoms with Crippen LogP contribution in [-0.4, -0.2) is 21.0 Å². The summed E-state index contributed by atoms with van der Waals surface area (Å²) in [5.74, 6) is 0.339. The molecule has 0 radical (unpaired) electrons. The highest BCUT2D eigenvalue weighted by atomic mass is 79.9. The third kappa shape index (κ3) is 7.45. The molecule has 8 heteroatoms. The number of hydrogen-bond donors (Lipinski definition) is 2. The Kier molecular flexibility index (Phi) is 9.88. The first-order valence-electron chi connectivity index (χ1n) is 14.9. The standard InChI is InChI=1S/C37H40N4O3.BrH/c1-36(2,3)28-21-26(22-29(37(4,5)6)33(28)44-35(43)39-27-17-11-8-12-18-27)32(42)24-41-31-20-14-13-19-30(31)40(34(41)38)23-25-15-9-7-10-16-25;/h7-22,38H,23-24H2,1-6H3,(H,39,43);1H. The fraction of sp³-hybridized carbons (Fsp3) is 0.270. The van der Waals surface area contributed by atoms with Crippen LogP contribution in [0.1, 0.15) is 68.6 Å². The molecule has 1 aromatic heterocycles. The number of aromatic nitrogens is 2. The maximum Gasteiger partial charge on any atom is 0.417 e. The van der Waals surface area contributed by atoms with Crippen molar-refractivity contribution in [2.45, 2.75) is 65.5 Å². The maximum atomic E-state index is 14.1. The van der Waals surface area contributed by atoms with E-state index in [1.165, 1.54) is 0 Å². The molecule has 7 nitrogen and oxygen atoms in total. The fourth-order valence-electron chi connectivity index (χ4n) is 5.39. The Hall–Kier alpha value is -4.43. The lowest BCUT2D eigenvalue weighted by atomic mass is 9.78. The second-order valence-electron chi connectivity index (χ2n) is 13.2. The van der Waals surface area contributed by atoms with E-state index in [2.05, 4.69) is 5.32 Å². The number of amides is 1. The van der Waals surface area contributed by atoms with Crippen molar-refractivity contribution in [2.24, 2.45) is 0 Å². The summed E-state index contributed by atoms with van der Waals surface area (Å²) in [6.07, 6.45) is -0.591. The number of halogens is 1. The van der Waals surface area contributed by atoms with Crippen molar-refractivity contribution in [3.8, 4) is 5.75 Å². The van der Waals surface area contributed by atoms with E-state index in [-0.39, 0.29) is 34.9 Å². The van der Waals surface area contributed by atoms with E-state index >= 15 is 0 Å². The lowest BCUT2D eigenvalue weighted by Gasteiger charge is -2.30. The Bertz CT molecular complexity index is 1840. The second-order valence-corrected chi connectivity index (χ2v) is 13.2. The van der Waals surface area contributed by atoms with Crippen LogP contribution in [0.3, 0.4) is 0 Å². The zero-order chi connectivity index (χ0) is 31.6. The Morgan fingerprint density at radius 3 is 1.76 bits per heavy atom. The zero-order valence-corrected chi connectivity index (χ0v) is 28.4. The van der Waals surface area contributed by atoms with Crippen LogP contribution in [0.15, 0.2) is 97.1 Å². The van der Waals surface area contributed by atoms with Crippen molar-refractivity contribution < 1.29 is 14.3 Å². The number of imidazole rings is 1. The molecule has 234 valence electrons. The number of ketones is 1. The SMILES string of the molecule is Br.CC(C)(C)c1cc(C(=O)Cn2c(=N)n(Cc3ccccc3)c3ccccc32)cc(C(C)(C)C)c1OC(=O)Nc1ccccc1. The quantitative estimate of drug-likeness (QED) is 0.170. The van der Waals surface area contributed by atoms with Gasteiger partial charge in [-0.25, -0.2) is 4.79 Å². The van der Waals surface area contributed by atoms with Gasteiger partial charge in [0.1, 0.15) is 5.75 Å². The third-order valence-corrected chi connectivity index (χ3v) is 7.70. The number of anilines is 1. The molecule has 2 N–H and O–H groups in total. The van der Waals surface area contributed by atoms with Crippen molar-refractivity contribution in [1.29, 1.82) is 5.41 Å². The Labute approximate surface area is 275 Å². The van der Waals surface area contributed by atoms with Crippen LogP contribution in [0.5, 0.6) is 5.75 Å². The molecule has 0 fully saturated rings. The van der Waals surface area contributed by atoms with E-state index in [0.717, 1.165) is 27.7 Å². The van der Waals surface area contributed by atoms with Crippen LogP contribution >= 0.6 is 17.0 Å². The molecule has 0 saturated carbocycles. The highest BCUT2D eigenvalue weighted by Gasteiger charge is 2.31. The molecule has 0 bridgehead atoms. The predicted molar refractivity (Wildman–Crippen MR) is 186 cm³/mol. The molecular weight excluding hydrogens is 628 g/mol. The molecule has 0 unspecified atom stereocenters. The summed E-state index contributed by atoms with van der Waals surface area (Å²) in [6.45, 7) is 12.8. The minimum atomic E-state index is -0.591. The summed E-state index contributed by atoms with van der Waals surface area (Å²) in [5, 5.41) is 11.9. The van der Waals surface area contributed by atoms with E-state index in [4.69, 9.17) is 10.1 Å². The van der Waals surface area contributed by atoms with Gasteiger partial charge in [0, 0.05) is 22.4 Å². The third-order valence-electron chi connectivity index (χ3n) is 7.70. The summed E-state index contributed by atoms with van der Waals surface area (Å²) in [4.78, 5) is 27.1. The predicted octanol–water partition coefficient (Wildman–Crippen LogP) is 8.64. The molecule has 1 amide bonds. The highest BCUT2D eigenvalue weighted by molar-refractivity contribution is 8.93. The van der Waals surface area contributed by atoms with Gasteiger partial charge in [-0.1, -0.05) is 102 Å². The first-order chi connectivity index (χ1) is 20.8. The molecule has 0 aliphatic carbocycles. The van der Waals surface area contributed by atoms with Crippen molar-refractivity contribution in [3.63, 3.8) is 0 Å². The van der Waals surface area contributed by atoms with Gasteiger partial charge >= 0.3 is 6.09 Å². The summed E-state index contributed by atoms with van der Waals surface area (Å²) in [7, 11) is 0. The molecule has 5 rings (SSSR count). The van der Waals surface area contributed by atoms with Crippen LogP contribution < -0.4 is 15.7 Å². The zero-order valence-electron chi connectivity index (χ0n) is 26.7. The lowest BCUT2D eigenvalue weighted by molar-refractivity contribution is 0.0971. The number of carbonyl (C=O) groups excluding carboxylic acids is 2. The number of hydrogen-bond acceptors (Lipinski definition) is 4. The van der Waals surface area contributed by atoms with Crippen LogP contribution in [-0.2, 0) is 23.9 Å². The average Bonchev–Trinajstić information content (AvgIpc) is 3.23. The number of fused-ring (bicyclic) bond motifs is 1. The van der Waals surface area contributed by atoms with Gasteiger partial charge in [-0.15, -0.1) is 17.0 Å². The molecule has 0 aliphatic heterocycles. The van der Waals surface area contributed by atoms with Gasteiger partial charge in [0.2, 0.25) is 5.62 Å². The van der Waals surface area contributed by atoms with Crippen molar-refractivity contribution in [1.82, 2.24) is 9.13 Å². The molecule has 1 heterocycles. The highest BCUT2D eigenvalue weighted by Crippen LogP contribution is 2.41. The van der Waals surface area contributed by atoms with Gasteiger partial charge < -0.3 is 13.9 Å². The summed E-state index contributed by atoms with van der Waals surface area (Å²) in [6, 6.07) is 30.7. The van der Waals surface area contributed by atoms with Crippen molar-refractivity contribution in [3.05, 3.63) is 125 Å². The Balaban J connectivity index is 0.00000461. The fourth-order valence-corrected chi connectivity index (χ4v) is 5.39. The second kappa shape index (κ2) is 13.3. The maximum absolute atomic E-state index is 14.1. The van der Waals surface area contributed by atoms with E-state index in [0.29, 0.717) is 23.5 Å². The van der Waals surface area contributed by atoms with E-state index in [1.807, 2.05) is 131 Å².